The summed E-state index contributed by atoms with van der Waals surface area (Å²) >= 11 is 0. The van der Waals surface area contributed by atoms with Crippen LogP contribution in [-0.2, 0) is 25.6 Å². The molecule has 0 unspecified atom stereocenters. The predicted octanol–water partition coefficient (Wildman–Crippen LogP) is 2.07. The Morgan fingerprint density at radius 3 is 2.59 bits per heavy atom. The zero-order valence-corrected chi connectivity index (χ0v) is 12.9. The highest BCUT2D eigenvalue weighted by molar-refractivity contribution is 7.86. The van der Waals surface area contributed by atoms with Crippen molar-refractivity contribution in [3.63, 3.8) is 0 Å². The van der Waals surface area contributed by atoms with E-state index in [0.717, 1.165) is 5.56 Å². The van der Waals surface area contributed by atoms with E-state index in [1.807, 2.05) is 6.92 Å². The molecule has 0 bridgehead atoms. The second kappa shape index (κ2) is 6.71. The second-order valence-corrected chi connectivity index (χ2v) is 6.04. The largest absolute Gasteiger partial charge is 0.461 e. The number of carbonyl (C=O) groups is 1. The number of rotatable bonds is 6. The molecule has 0 spiro atoms. The molecule has 0 N–H and O–H groups in total. The fraction of sp³-hybridized carbons (Fsp3) is 0.286. The standard InChI is InChI=1S/C14H15NO6S/c1-3-19-14(16)13-8-11(21-15-13)9-20-22(17,18)12-6-4-10(2)5-7-12/h4-8H,3,9H2,1-2H3. The van der Waals surface area contributed by atoms with E-state index in [-0.39, 0.29) is 29.6 Å². The number of carbonyl (C=O) groups excluding carboxylic acids is 1. The van der Waals surface area contributed by atoms with Crippen LogP contribution in [0.1, 0.15) is 28.7 Å². The van der Waals surface area contributed by atoms with Gasteiger partial charge in [-0.2, -0.15) is 8.42 Å². The molecule has 0 fully saturated rings. The summed E-state index contributed by atoms with van der Waals surface area (Å²) in [6.07, 6.45) is 0. The molecular formula is C14H15NO6S. The molecule has 1 heterocycles. The van der Waals surface area contributed by atoms with Crippen molar-refractivity contribution in [1.29, 1.82) is 0 Å². The summed E-state index contributed by atoms with van der Waals surface area (Å²) in [6.45, 7) is 3.36. The fourth-order valence-electron chi connectivity index (χ4n) is 1.59. The maximum Gasteiger partial charge on any atom is 0.360 e. The van der Waals surface area contributed by atoms with Gasteiger partial charge in [0.2, 0.25) is 0 Å². The molecule has 8 heteroatoms. The highest BCUT2D eigenvalue weighted by Gasteiger charge is 2.18. The van der Waals surface area contributed by atoms with E-state index in [9.17, 15) is 13.2 Å². The molecular weight excluding hydrogens is 310 g/mol. The first-order valence-corrected chi connectivity index (χ1v) is 7.92. The Labute approximate surface area is 128 Å². The first-order valence-electron chi connectivity index (χ1n) is 6.51. The molecule has 0 aliphatic carbocycles. The average molecular weight is 325 g/mol. The molecule has 0 radical (unpaired) electrons. The number of nitrogens with zero attached hydrogens (tertiary/aromatic N) is 1. The molecule has 1 aromatic carbocycles. The molecule has 0 saturated carbocycles. The number of hydrogen-bond donors (Lipinski definition) is 0. The summed E-state index contributed by atoms with van der Waals surface area (Å²) in [5.74, 6) is -0.530. The van der Waals surface area contributed by atoms with Crippen molar-refractivity contribution in [3.05, 3.63) is 47.3 Å². The lowest BCUT2D eigenvalue weighted by atomic mass is 10.2. The highest BCUT2D eigenvalue weighted by atomic mass is 32.2. The van der Waals surface area contributed by atoms with Crippen LogP contribution in [0.4, 0.5) is 0 Å². The van der Waals surface area contributed by atoms with E-state index in [1.54, 1.807) is 19.1 Å². The fourth-order valence-corrected chi connectivity index (χ4v) is 2.47. The van der Waals surface area contributed by atoms with Crippen molar-refractivity contribution >= 4 is 16.1 Å². The summed E-state index contributed by atoms with van der Waals surface area (Å²) in [4.78, 5) is 11.5. The zero-order valence-electron chi connectivity index (χ0n) is 12.1. The Bertz CT molecular complexity index is 748. The molecule has 2 aromatic rings. The number of aromatic nitrogens is 1. The van der Waals surface area contributed by atoms with Gasteiger partial charge >= 0.3 is 5.97 Å². The van der Waals surface area contributed by atoms with Crippen LogP contribution in [0.5, 0.6) is 0 Å². The van der Waals surface area contributed by atoms with E-state index in [0.29, 0.717) is 0 Å². The predicted molar refractivity (Wildman–Crippen MR) is 75.6 cm³/mol. The lowest BCUT2D eigenvalue weighted by molar-refractivity contribution is 0.0514. The van der Waals surface area contributed by atoms with Crippen molar-refractivity contribution in [2.45, 2.75) is 25.3 Å². The Morgan fingerprint density at radius 1 is 1.27 bits per heavy atom. The van der Waals surface area contributed by atoms with Crippen LogP contribution in [0.3, 0.4) is 0 Å². The number of benzene rings is 1. The first-order chi connectivity index (χ1) is 10.4. The maximum atomic E-state index is 12.0. The molecule has 1 aromatic heterocycles. The molecule has 0 amide bonds. The van der Waals surface area contributed by atoms with Crippen LogP contribution in [-0.4, -0.2) is 26.2 Å². The monoisotopic (exact) mass is 325 g/mol. The maximum absolute atomic E-state index is 12.0. The summed E-state index contributed by atoms with van der Waals surface area (Å²) in [6, 6.07) is 7.53. The van der Waals surface area contributed by atoms with Crippen molar-refractivity contribution in [2.24, 2.45) is 0 Å². The third-order valence-corrected chi connectivity index (χ3v) is 3.99. The molecule has 22 heavy (non-hydrogen) atoms. The minimum atomic E-state index is -3.90. The third-order valence-electron chi connectivity index (χ3n) is 2.71. The lowest BCUT2D eigenvalue weighted by Crippen LogP contribution is -2.06. The molecule has 0 atom stereocenters. The van der Waals surface area contributed by atoms with Gasteiger partial charge in [-0.1, -0.05) is 22.9 Å². The van der Waals surface area contributed by atoms with Crippen LogP contribution in [0.25, 0.3) is 0 Å². The summed E-state index contributed by atoms with van der Waals surface area (Å²) in [5.41, 5.74) is 0.904. The SMILES string of the molecule is CCOC(=O)c1cc(COS(=O)(=O)c2ccc(C)cc2)on1. The number of esters is 1. The molecule has 118 valence electrons. The van der Waals surface area contributed by atoms with Crippen LogP contribution in [0.2, 0.25) is 0 Å². The van der Waals surface area contributed by atoms with Gasteiger partial charge in [-0.15, -0.1) is 0 Å². The Kier molecular flexibility index (Phi) is 4.94. The van der Waals surface area contributed by atoms with Gasteiger partial charge in [-0.05, 0) is 26.0 Å². The highest BCUT2D eigenvalue weighted by Crippen LogP contribution is 2.16. The number of aryl methyl sites for hydroxylation is 1. The third kappa shape index (κ3) is 3.92. The average Bonchev–Trinajstić information content (AvgIpc) is 2.95. The Hall–Kier alpha value is -2.19. The van der Waals surface area contributed by atoms with Gasteiger partial charge in [-0.3, -0.25) is 4.18 Å². The Balaban J connectivity index is 2.03. The molecule has 2 rings (SSSR count). The van der Waals surface area contributed by atoms with Crippen molar-refractivity contribution in [2.75, 3.05) is 6.61 Å². The van der Waals surface area contributed by atoms with E-state index < -0.39 is 16.1 Å². The van der Waals surface area contributed by atoms with E-state index >= 15 is 0 Å². The number of ether oxygens (including phenoxy) is 1. The normalized spacial score (nSPS) is 11.4. The first kappa shape index (κ1) is 16.2. The van der Waals surface area contributed by atoms with Crippen LogP contribution < -0.4 is 0 Å². The van der Waals surface area contributed by atoms with Crippen molar-refractivity contribution in [1.82, 2.24) is 5.16 Å². The van der Waals surface area contributed by atoms with E-state index in [2.05, 4.69) is 5.16 Å². The van der Waals surface area contributed by atoms with E-state index in [1.165, 1.54) is 18.2 Å². The van der Waals surface area contributed by atoms with Gasteiger partial charge in [0.25, 0.3) is 10.1 Å². The molecule has 7 nitrogen and oxygen atoms in total. The van der Waals surface area contributed by atoms with Crippen molar-refractivity contribution < 1.29 is 26.7 Å². The van der Waals surface area contributed by atoms with Gasteiger partial charge < -0.3 is 9.26 Å². The zero-order chi connectivity index (χ0) is 16.2. The van der Waals surface area contributed by atoms with Crippen LogP contribution in [0.15, 0.2) is 39.8 Å². The molecule has 0 aliphatic rings. The smallest absolute Gasteiger partial charge is 0.360 e. The van der Waals surface area contributed by atoms with Crippen LogP contribution >= 0.6 is 0 Å². The van der Waals surface area contributed by atoms with Gasteiger partial charge in [0, 0.05) is 6.07 Å². The molecule has 0 aliphatic heterocycles. The van der Waals surface area contributed by atoms with Gasteiger partial charge in [0.15, 0.2) is 11.5 Å². The number of hydrogen-bond acceptors (Lipinski definition) is 7. The van der Waals surface area contributed by atoms with Crippen LogP contribution in [0, 0.1) is 6.92 Å². The second-order valence-electron chi connectivity index (χ2n) is 4.43. The van der Waals surface area contributed by atoms with Gasteiger partial charge in [-0.25, -0.2) is 4.79 Å². The summed E-state index contributed by atoms with van der Waals surface area (Å²) < 4.78 is 38.4. The Morgan fingerprint density at radius 2 is 1.95 bits per heavy atom. The topological polar surface area (TPSA) is 95.7 Å². The lowest BCUT2D eigenvalue weighted by Gasteiger charge is -2.03. The van der Waals surface area contributed by atoms with Gasteiger partial charge in [0.1, 0.15) is 6.61 Å². The summed E-state index contributed by atoms with van der Waals surface area (Å²) in [7, 11) is -3.90. The minimum absolute atomic E-state index is 0.0341. The molecule has 0 saturated heterocycles. The van der Waals surface area contributed by atoms with Crippen molar-refractivity contribution in [3.8, 4) is 0 Å². The summed E-state index contributed by atoms with van der Waals surface area (Å²) in [5, 5.41) is 3.50. The quantitative estimate of drug-likeness (QED) is 0.592. The minimum Gasteiger partial charge on any atom is -0.461 e. The van der Waals surface area contributed by atoms with Gasteiger partial charge in [0.05, 0.1) is 11.5 Å². The van der Waals surface area contributed by atoms with E-state index in [4.69, 9.17) is 13.4 Å².